The number of aryl methyl sites for hydroxylation is 2. The summed E-state index contributed by atoms with van der Waals surface area (Å²) in [6.07, 6.45) is 0.336. The molecule has 418 valence electrons. The number of fused-ring (bicyclic) bond motifs is 2. The number of aromatic nitrogens is 4. The molecule has 2 aliphatic rings. The molecule has 78 heavy (non-hydrogen) atoms. The smallest absolute Gasteiger partial charge is 0.471 e. The van der Waals surface area contributed by atoms with Crippen molar-refractivity contribution in [3.05, 3.63) is 117 Å². The predicted octanol–water partition coefficient (Wildman–Crippen LogP) is 11.4. The molecule has 8 rings (SSSR count). The molecule has 7 N–H and O–H groups in total. The molecule has 0 saturated heterocycles. The largest absolute Gasteiger partial charge is 0.495 e. The molecule has 0 bridgehead atoms. The van der Waals surface area contributed by atoms with Crippen LogP contribution in [0.2, 0.25) is 10.0 Å². The van der Waals surface area contributed by atoms with Gasteiger partial charge in [0.15, 0.2) is 31.3 Å². The Balaban J connectivity index is 0.000000229. The van der Waals surface area contributed by atoms with Crippen molar-refractivity contribution in [2.45, 2.75) is 130 Å². The van der Waals surface area contributed by atoms with Crippen molar-refractivity contribution in [1.82, 2.24) is 25.3 Å². The zero-order valence-corrected chi connectivity index (χ0v) is 47.8. The van der Waals surface area contributed by atoms with Crippen molar-refractivity contribution in [3.63, 3.8) is 0 Å². The number of carbonyl (C=O) groups is 1. The minimum absolute atomic E-state index is 0.0733. The third-order valence-corrected chi connectivity index (χ3v) is 19.1. The summed E-state index contributed by atoms with van der Waals surface area (Å²) >= 11 is 12.7. The summed E-state index contributed by atoms with van der Waals surface area (Å²) in [5, 5.41) is 13.7. The molecule has 2 atom stereocenters. The lowest BCUT2D eigenvalue weighted by molar-refractivity contribution is -0.175. The number of alkyl halides is 3. The molecule has 6 aromatic rings. The summed E-state index contributed by atoms with van der Waals surface area (Å²) in [4.78, 5) is 29.5. The lowest BCUT2D eigenvalue weighted by atomic mass is 9.69. The first-order valence-electron chi connectivity index (χ1n) is 24.9. The van der Waals surface area contributed by atoms with Crippen molar-refractivity contribution in [2.75, 3.05) is 35.5 Å². The van der Waals surface area contributed by atoms with Crippen molar-refractivity contribution in [1.29, 1.82) is 0 Å². The fraction of sp³-hybridized carbons (Fsp3) is 0.389. The first kappa shape index (κ1) is 59.2. The van der Waals surface area contributed by atoms with Crippen LogP contribution in [0.25, 0.3) is 0 Å². The van der Waals surface area contributed by atoms with Gasteiger partial charge >= 0.3 is 12.1 Å². The Morgan fingerprint density at radius 2 is 1.06 bits per heavy atom. The van der Waals surface area contributed by atoms with Crippen LogP contribution in [0.3, 0.4) is 0 Å². The van der Waals surface area contributed by atoms with Crippen LogP contribution in [-0.4, -0.2) is 85.7 Å². The second-order valence-corrected chi connectivity index (χ2v) is 26.3. The zero-order valence-electron chi connectivity index (χ0n) is 44.7. The second-order valence-electron chi connectivity index (χ2n) is 20.5. The van der Waals surface area contributed by atoms with E-state index in [2.05, 4.69) is 66.4 Å². The molecular formula is C54H63Cl2F3N10O7S2. The minimum Gasteiger partial charge on any atom is -0.495 e. The van der Waals surface area contributed by atoms with E-state index in [1.54, 1.807) is 97.2 Å². The standard InChI is InChI=1S/C28H31ClF3N5O4S.C26H32ClN5O3S/c1-15(2)42(39,40)22-9-7-6-8-19(22)34-24-18(29)14-33-26(37-24)35-20-12-16-10-11-23(36-25(38)28(30,31)32)27(3,4)17(16)13-21(20)41-5;1-15(2)36(33,34)22-9-7-6-8-19(22)30-24-18(27)14-29-25(32-24)31-20-12-16-10-11-23(28)26(3,4)17(16)13-21(20)35-5/h6-9,12-15,23H,10-11H2,1-5H3,(H,36,38)(H2,33,34,35,37);6-9,12-15,23H,10-11,28H2,1-5H3,(H2,29,30,31,32). The van der Waals surface area contributed by atoms with Crippen LogP contribution in [0.4, 0.5) is 59.5 Å². The zero-order chi connectivity index (χ0) is 57.3. The molecule has 0 spiro atoms. The van der Waals surface area contributed by atoms with E-state index < -0.39 is 53.7 Å². The summed E-state index contributed by atoms with van der Waals surface area (Å²) in [7, 11) is -4.06. The highest BCUT2D eigenvalue weighted by Crippen LogP contribution is 2.44. The normalized spacial score (nSPS) is 16.7. The van der Waals surface area contributed by atoms with Crippen molar-refractivity contribution in [2.24, 2.45) is 5.73 Å². The third kappa shape index (κ3) is 12.5. The highest BCUT2D eigenvalue weighted by Gasteiger charge is 2.45. The maximum atomic E-state index is 12.9. The van der Waals surface area contributed by atoms with Gasteiger partial charge in [0, 0.05) is 22.9 Å². The Bertz CT molecular complexity index is 3460. The maximum Gasteiger partial charge on any atom is 0.471 e. The molecule has 0 fully saturated rings. The van der Waals surface area contributed by atoms with Crippen LogP contribution in [0, 0.1) is 0 Å². The lowest BCUT2D eigenvalue weighted by Gasteiger charge is -2.41. The number of hydrogen-bond donors (Lipinski definition) is 6. The van der Waals surface area contributed by atoms with Crippen molar-refractivity contribution >= 4 is 95.1 Å². The number of para-hydroxylation sites is 2. The highest BCUT2D eigenvalue weighted by molar-refractivity contribution is 7.92. The van der Waals surface area contributed by atoms with E-state index in [4.69, 9.17) is 38.4 Å². The highest BCUT2D eigenvalue weighted by atomic mass is 35.5. The maximum absolute atomic E-state index is 12.9. The van der Waals surface area contributed by atoms with Crippen LogP contribution in [0.1, 0.15) is 90.5 Å². The number of sulfone groups is 2. The molecule has 0 radical (unpaired) electrons. The molecule has 2 aromatic heterocycles. The molecule has 4 aromatic carbocycles. The SMILES string of the molecule is COc1cc2c(cc1Nc1ncc(Cl)c(Nc3ccccc3S(=O)(=O)C(C)C)n1)CCC(N)C2(C)C.COc1cc2c(cc1Nc1ncc(Cl)c(Nc3ccccc3S(=O)(=O)C(C)C)n1)CCC(NC(=O)C(F)(F)F)C2(C)C. The molecule has 17 nitrogen and oxygen atoms in total. The number of halogens is 5. The van der Waals surface area contributed by atoms with Gasteiger partial charge in [0.25, 0.3) is 0 Å². The van der Waals surface area contributed by atoms with E-state index in [1.807, 2.05) is 12.1 Å². The molecule has 2 unspecified atom stereocenters. The van der Waals surface area contributed by atoms with Crippen molar-refractivity contribution < 1.29 is 44.3 Å². The second kappa shape index (κ2) is 23.1. The number of anilines is 8. The molecule has 24 heteroatoms. The van der Waals surface area contributed by atoms with E-state index in [0.29, 0.717) is 41.4 Å². The average molecular weight is 1160 g/mol. The van der Waals surface area contributed by atoms with Crippen LogP contribution >= 0.6 is 23.2 Å². The van der Waals surface area contributed by atoms with E-state index in [-0.39, 0.29) is 54.8 Å². The summed E-state index contributed by atoms with van der Waals surface area (Å²) in [6.45, 7) is 14.3. The van der Waals surface area contributed by atoms with Gasteiger partial charge in [-0.05, 0) is 124 Å². The Morgan fingerprint density at radius 3 is 1.47 bits per heavy atom. The number of hydrogen-bond acceptors (Lipinski definition) is 16. The Morgan fingerprint density at radius 1 is 0.654 bits per heavy atom. The topological polar surface area (TPSA) is 242 Å². The minimum atomic E-state index is -4.97. The summed E-state index contributed by atoms with van der Waals surface area (Å²) in [6, 6.07) is 20.1. The number of nitrogens with one attached hydrogen (secondary N) is 5. The lowest BCUT2D eigenvalue weighted by Crippen LogP contribution is -2.53. The predicted molar refractivity (Wildman–Crippen MR) is 299 cm³/mol. The Hall–Kier alpha value is -6.46. The number of ether oxygens (including phenoxy) is 2. The number of amides is 1. The summed E-state index contributed by atoms with van der Waals surface area (Å²) < 4.78 is 101. The number of benzene rings is 4. The van der Waals surface area contributed by atoms with Gasteiger partial charge in [-0.15, -0.1) is 0 Å². The van der Waals surface area contributed by atoms with Crippen LogP contribution in [0.5, 0.6) is 11.5 Å². The molecule has 1 amide bonds. The van der Waals surface area contributed by atoms with Gasteiger partial charge in [-0.3, -0.25) is 4.79 Å². The molecule has 2 aliphatic carbocycles. The van der Waals surface area contributed by atoms with Gasteiger partial charge in [0.2, 0.25) is 11.9 Å². The Labute approximate surface area is 462 Å². The van der Waals surface area contributed by atoms with Crippen LogP contribution in [0.15, 0.2) is 95.0 Å². The van der Waals surface area contributed by atoms with Gasteiger partial charge < -0.3 is 41.8 Å². The number of carbonyl (C=O) groups excluding carboxylic acids is 1. The van der Waals surface area contributed by atoms with E-state index >= 15 is 0 Å². The number of methoxy groups -OCH3 is 2. The third-order valence-electron chi connectivity index (χ3n) is 14.1. The van der Waals surface area contributed by atoms with Crippen LogP contribution in [-0.2, 0) is 48.1 Å². The number of rotatable bonds is 15. The monoisotopic (exact) mass is 1150 g/mol. The molecule has 2 heterocycles. The van der Waals surface area contributed by atoms with E-state index in [0.717, 1.165) is 29.7 Å². The Kier molecular flexibility index (Phi) is 17.5. The van der Waals surface area contributed by atoms with Gasteiger partial charge in [-0.2, -0.15) is 23.1 Å². The van der Waals surface area contributed by atoms with Gasteiger partial charge in [0.05, 0.1) is 69.7 Å². The van der Waals surface area contributed by atoms with Crippen molar-refractivity contribution in [3.8, 4) is 11.5 Å². The average Bonchev–Trinajstić information content (AvgIpc) is 3.39. The first-order chi connectivity index (χ1) is 36.5. The molecule has 0 aliphatic heterocycles. The molecule has 0 saturated carbocycles. The quantitative estimate of drug-likeness (QED) is 0.0560. The fourth-order valence-electron chi connectivity index (χ4n) is 9.28. The van der Waals surface area contributed by atoms with E-state index in [9.17, 15) is 34.8 Å². The number of nitrogens with two attached hydrogens (primary N) is 1. The first-order valence-corrected chi connectivity index (χ1v) is 28.7. The van der Waals surface area contributed by atoms with Gasteiger partial charge in [0.1, 0.15) is 21.5 Å². The van der Waals surface area contributed by atoms with Gasteiger partial charge in [-0.25, -0.2) is 26.8 Å². The van der Waals surface area contributed by atoms with Crippen LogP contribution < -0.4 is 41.8 Å². The van der Waals surface area contributed by atoms with E-state index in [1.165, 1.54) is 36.7 Å². The number of nitrogens with zero attached hydrogens (tertiary/aromatic N) is 4. The summed E-state index contributed by atoms with van der Waals surface area (Å²) in [5.41, 5.74) is 11.3. The fourth-order valence-corrected chi connectivity index (χ4v) is 12.0. The molecular weight excluding hydrogens is 1090 g/mol. The van der Waals surface area contributed by atoms with Gasteiger partial charge in [-0.1, -0.05) is 75.2 Å². The summed E-state index contributed by atoms with van der Waals surface area (Å²) in [5.74, 6) is -0.0660.